The van der Waals surface area contributed by atoms with Crippen LogP contribution < -0.4 is 35.6 Å². The maximum atomic E-state index is 16.2. The Labute approximate surface area is 415 Å². The molecule has 3 saturated heterocycles. The zero-order chi connectivity index (χ0) is 49.7. The summed E-state index contributed by atoms with van der Waals surface area (Å²) in [7, 11) is 3.18. The number of piperidine rings is 2. The largest absolute Gasteiger partial charge is 0.494 e. The highest BCUT2D eigenvalue weighted by Crippen LogP contribution is 2.56. The van der Waals surface area contributed by atoms with Crippen LogP contribution in [-0.2, 0) is 27.0 Å². The highest BCUT2D eigenvalue weighted by molar-refractivity contribution is 6.34. The van der Waals surface area contributed by atoms with E-state index in [1.54, 1.807) is 0 Å². The number of nitrogens with one attached hydrogen (secondary N) is 2. The molecule has 374 valence electrons. The molecular weight excluding hydrogens is 934 g/mol. The summed E-state index contributed by atoms with van der Waals surface area (Å²) in [6.45, 7) is 5.37. The second-order valence-corrected chi connectivity index (χ2v) is 19.9. The number of aryl methyl sites for hydroxylation is 1. The number of hydrogen-bond donors (Lipinski definition) is 3. The number of anilines is 2. The van der Waals surface area contributed by atoms with Gasteiger partial charge in [-0.2, -0.15) is 5.10 Å². The van der Waals surface area contributed by atoms with E-state index in [1.807, 2.05) is 66.0 Å². The first kappa shape index (κ1) is 48.3. The van der Waals surface area contributed by atoms with Gasteiger partial charge in [0.15, 0.2) is 23.0 Å². The van der Waals surface area contributed by atoms with Crippen molar-refractivity contribution in [1.29, 1.82) is 0 Å². The standard InChI is InChI=1S/C53H59ClF2N8O7/c1-30-43-41(28-38(55)46(54)45(43)44-36(49(57)66)16-17-40(69-3)47(44)56)71-53(30,32-8-5-4-6-9-32)29-58-33-18-23-63(24-19-33)51(67)31-12-14-34(15-13-31)70-35-20-25-62(26-21-35)39-11-7-10-37-48(39)61(2)60-50(37)64-27-22-42(65)59-52(64)68/h4-11,16-17,28,30-31,33-35,58H,12-15,18-27,29H2,1-3H3,(H2,57,66)(H,59,65,68). The van der Waals surface area contributed by atoms with Gasteiger partial charge in [-0.25, -0.2) is 13.6 Å². The first-order valence-electron chi connectivity index (χ1n) is 24.7. The van der Waals surface area contributed by atoms with E-state index in [-0.39, 0.29) is 82.2 Å². The van der Waals surface area contributed by atoms with Gasteiger partial charge in [0, 0.05) is 98.8 Å². The van der Waals surface area contributed by atoms with Crippen molar-refractivity contribution in [3.05, 3.63) is 100 Å². The average Bonchev–Trinajstić information content (AvgIpc) is 3.86. The topological polar surface area (TPSA) is 174 Å². The number of benzene rings is 4. The Bertz CT molecular complexity index is 2880. The van der Waals surface area contributed by atoms with Crippen molar-refractivity contribution >= 4 is 57.8 Å². The minimum Gasteiger partial charge on any atom is -0.494 e. The van der Waals surface area contributed by atoms with Gasteiger partial charge in [-0.05, 0) is 81.2 Å². The van der Waals surface area contributed by atoms with E-state index in [0.717, 1.165) is 86.6 Å². The first-order chi connectivity index (χ1) is 34.3. The third-order valence-corrected chi connectivity index (χ3v) is 15.9. The number of urea groups is 1. The van der Waals surface area contributed by atoms with Gasteiger partial charge < -0.3 is 35.1 Å². The number of ether oxygens (including phenoxy) is 3. The highest BCUT2D eigenvalue weighted by Gasteiger charge is 2.50. The summed E-state index contributed by atoms with van der Waals surface area (Å²) in [4.78, 5) is 57.0. The van der Waals surface area contributed by atoms with Crippen molar-refractivity contribution in [1.82, 2.24) is 25.3 Å². The number of hydrogen-bond acceptors (Lipinski definition) is 10. The van der Waals surface area contributed by atoms with Gasteiger partial charge in [-0.3, -0.25) is 29.3 Å². The summed E-state index contributed by atoms with van der Waals surface area (Å²) in [6, 6.07) is 19.1. The molecule has 4 aliphatic heterocycles. The number of para-hydroxylation sites is 1. The monoisotopic (exact) mass is 992 g/mol. The number of nitrogens with two attached hydrogens (primary N) is 1. The van der Waals surface area contributed by atoms with Crippen LogP contribution >= 0.6 is 11.6 Å². The Kier molecular flexibility index (Phi) is 13.4. The molecule has 4 aromatic carbocycles. The number of imide groups is 1. The molecule has 4 N–H and O–H groups in total. The fourth-order valence-electron chi connectivity index (χ4n) is 11.7. The lowest BCUT2D eigenvalue weighted by atomic mass is 9.77. The number of amides is 5. The van der Waals surface area contributed by atoms with Crippen LogP contribution in [0.1, 0.15) is 92.1 Å². The van der Waals surface area contributed by atoms with Crippen molar-refractivity contribution in [2.45, 2.75) is 94.5 Å². The predicted octanol–water partition coefficient (Wildman–Crippen LogP) is 7.94. The molecule has 71 heavy (non-hydrogen) atoms. The SMILES string of the molecule is COc1ccc(C(N)=O)c(-c2c(Cl)c(F)cc3c2C(C)C(CNC2CCN(C(=O)C4CCC(OC5CCN(c6cccc7c(N8CCC(=O)NC8=O)nn(C)c67)CC5)CC4)CC2)(c2ccccc2)O3)c1F. The van der Waals surface area contributed by atoms with Crippen molar-refractivity contribution in [2.75, 3.05) is 56.2 Å². The quantitative estimate of drug-likeness (QED) is 0.111. The number of aromatic nitrogens is 2. The highest BCUT2D eigenvalue weighted by atomic mass is 35.5. The molecule has 15 nitrogen and oxygen atoms in total. The molecule has 5 heterocycles. The summed E-state index contributed by atoms with van der Waals surface area (Å²) < 4.78 is 52.6. The van der Waals surface area contributed by atoms with Crippen LogP contribution in [0, 0.1) is 17.6 Å². The number of methoxy groups -OCH3 is 1. The predicted molar refractivity (Wildman–Crippen MR) is 265 cm³/mol. The fraction of sp³-hybridized carbons (Fsp3) is 0.453. The molecule has 5 amide bonds. The van der Waals surface area contributed by atoms with Crippen molar-refractivity contribution in [3.8, 4) is 22.6 Å². The third-order valence-electron chi connectivity index (χ3n) is 15.5. The van der Waals surface area contributed by atoms with E-state index < -0.39 is 35.1 Å². The van der Waals surface area contributed by atoms with Gasteiger partial charge in [-0.1, -0.05) is 54.9 Å². The van der Waals surface area contributed by atoms with E-state index in [0.29, 0.717) is 31.0 Å². The van der Waals surface area contributed by atoms with Gasteiger partial charge in [0.2, 0.25) is 17.7 Å². The molecule has 4 fully saturated rings. The Morgan fingerprint density at radius 2 is 1.63 bits per heavy atom. The number of nitrogens with zero attached hydrogens (tertiary/aromatic N) is 5. The van der Waals surface area contributed by atoms with Crippen molar-refractivity contribution < 1.29 is 42.2 Å². The number of likely N-dealkylation sites (tertiary alicyclic amines) is 1. The zero-order valence-corrected chi connectivity index (χ0v) is 40.9. The van der Waals surface area contributed by atoms with E-state index in [1.165, 1.54) is 30.2 Å². The molecule has 18 heteroatoms. The van der Waals surface area contributed by atoms with E-state index in [2.05, 4.69) is 21.6 Å². The number of carbonyl (C=O) groups is 4. The number of carbonyl (C=O) groups excluding carboxylic acids is 4. The normalized spacial score (nSPS) is 23.2. The fourth-order valence-corrected chi connectivity index (χ4v) is 12.0. The second kappa shape index (κ2) is 19.7. The Hall–Kier alpha value is -6.30. The van der Waals surface area contributed by atoms with Crippen LogP contribution in [0.4, 0.5) is 25.1 Å². The first-order valence-corrected chi connectivity index (χ1v) is 25.1. The van der Waals surface area contributed by atoms with Crippen LogP contribution in [-0.4, -0.2) is 103 Å². The molecule has 2 atom stereocenters. The number of primary amides is 1. The van der Waals surface area contributed by atoms with E-state index >= 15 is 8.78 Å². The van der Waals surface area contributed by atoms with Gasteiger partial charge in [-0.15, -0.1) is 0 Å². The summed E-state index contributed by atoms with van der Waals surface area (Å²) >= 11 is 6.70. The Morgan fingerprint density at radius 3 is 2.32 bits per heavy atom. The molecular formula is C53H59ClF2N8O7. The Balaban J connectivity index is 0.736. The maximum absolute atomic E-state index is 16.2. The van der Waals surface area contributed by atoms with E-state index in [9.17, 15) is 19.2 Å². The Morgan fingerprint density at radius 1 is 0.915 bits per heavy atom. The molecule has 1 aliphatic carbocycles. The van der Waals surface area contributed by atoms with Gasteiger partial charge in [0.1, 0.15) is 11.6 Å². The average molecular weight is 994 g/mol. The van der Waals surface area contributed by atoms with Crippen molar-refractivity contribution in [3.63, 3.8) is 0 Å². The lowest BCUT2D eigenvalue weighted by molar-refractivity contribution is -0.139. The zero-order valence-electron chi connectivity index (χ0n) is 40.1. The molecule has 1 aromatic heterocycles. The minimum absolute atomic E-state index is 0.00896. The smallest absolute Gasteiger partial charge is 0.329 e. The lowest BCUT2D eigenvalue weighted by Crippen LogP contribution is -2.51. The summed E-state index contributed by atoms with van der Waals surface area (Å²) in [6.07, 6.45) is 6.94. The molecule has 2 unspecified atom stereocenters. The van der Waals surface area contributed by atoms with Crippen molar-refractivity contribution in [2.24, 2.45) is 18.7 Å². The molecule has 5 aromatic rings. The van der Waals surface area contributed by atoms with Crippen LogP contribution in [0.15, 0.2) is 66.7 Å². The van der Waals surface area contributed by atoms with E-state index in [4.69, 9.17) is 36.6 Å². The van der Waals surface area contributed by atoms with Crippen LogP contribution in [0.3, 0.4) is 0 Å². The summed E-state index contributed by atoms with van der Waals surface area (Å²) in [5.74, 6) is -2.70. The van der Waals surface area contributed by atoms with Crippen LogP contribution in [0.25, 0.3) is 22.0 Å². The second-order valence-electron chi connectivity index (χ2n) is 19.6. The molecule has 10 rings (SSSR count). The van der Waals surface area contributed by atoms with Gasteiger partial charge in [0.05, 0.1) is 41.1 Å². The minimum atomic E-state index is -1.08. The van der Waals surface area contributed by atoms with Crippen LogP contribution in [0.5, 0.6) is 11.5 Å². The van der Waals surface area contributed by atoms with Gasteiger partial charge in [0.25, 0.3) is 0 Å². The number of halogens is 3. The summed E-state index contributed by atoms with van der Waals surface area (Å²) in [5, 5.41) is 11.3. The molecule has 5 aliphatic rings. The molecule has 0 bridgehead atoms. The molecule has 1 saturated carbocycles. The van der Waals surface area contributed by atoms with Crippen LogP contribution in [0.2, 0.25) is 5.02 Å². The maximum Gasteiger partial charge on any atom is 0.329 e. The lowest BCUT2D eigenvalue weighted by Gasteiger charge is -2.40. The summed E-state index contributed by atoms with van der Waals surface area (Å²) in [5.41, 5.74) is 7.49. The molecule has 0 spiro atoms. The molecule has 0 radical (unpaired) electrons. The van der Waals surface area contributed by atoms with Gasteiger partial charge >= 0.3 is 6.03 Å². The number of rotatable bonds is 12. The third kappa shape index (κ3) is 8.94. The number of fused-ring (bicyclic) bond motifs is 2.